The number of anilines is 2. The van der Waals surface area contributed by atoms with Crippen LogP contribution in [0.5, 0.6) is 5.75 Å². The van der Waals surface area contributed by atoms with Gasteiger partial charge in [0.25, 0.3) is 11.8 Å². The van der Waals surface area contributed by atoms with Crippen molar-refractivity contribution in [3.63, 3.8) is 0 Å². The highest BCUT2D eigenvalue weighted by atomic mass is 19.1. The highest BCUT2D eigenvalue weighted by Crippen LogP contribution is 2.29. The normalized spacial score (nSPS) is 19.8. The number of rotatable bonds is 7. The summed E-state index contributed by atoms with van der Waals surface area (Å²) >= 11 is 0. The Morgan fingerprint density at radius 2 is 1.72 bits per heavy atom. The molecule has 0 aromatic heterocycles. The number of likely N-dealkylation sites (N-methyl/N-ethyl adjacent to an activating group) is 1. The van der Waals surface area contributed by atoms with Crippen LogP contribution in [0.15, 0.2) is 72.8 Å². The summed E-state index contributed by atoms with van der Waals surface area (Å²) in [6.45, 7) is 6.28. The molecule has 0 radical (unpaired) electrons. The van der Waals surface area contributed by atoms with E-state index in [1.807, 2.05) is 19.9 Å². The van der Waals surface area contributed by atoms with Gasteiger partial charge in [0, 0.05) is 49.6 Å². The minimum atomic E-state index is -0.550. The molecule has 3 aromatic rings. The Kier molecular flexibility index (Phi) is 12.7. The first-order chi connectivity index (χ1) is 22.5. The molecule has 4 amide bonds. The summed E-state index contributed by atoms with van der Waals surface area (Å²) in [5, 5.41) is 15.8. The molecule has 47 heavy (non-hydrogen) atoms. The Balaban J connectivity index is 1.59. The zero-order valence-electron chi connectivity index (χ0n) is 27.4. The van der Waals surface area contributed by atoms with E-state index in [1.165, 1.54) is 29.2 Å². The van der Waals surface area contributed by atoms with E-state index in [-0.39, 0.29) is 55.1 Å². The Labute approximate surface area is 275 Å². The van der Waals surface area contributed by atoms with Gasteiger partial charge in [-0.1, -0.05) is 25.1 Å². The lowest BCUT2D eigenvalue weighted by Crippen LogP contribution is -2.48. The van der Waals surface area contributed by atoms with E-state index in [0.717, 1.165) is 19.3 Å². The molecule has 10 nitrogen and oxygen atoms in total. The van der Waals surface area contributed by atoms with Gasteiger partial charge in [0.05, 0.1) is 30.4 Å². The third kappa shape index (κ3) is 10.0. The number of amides is 4. The van der Waals surface area contributed by atoms with Crippen molar-refractivity contribution >= 4 is 29.2 Å². The van der Waals surface area contributed by atoms with Gasteiger partial charge in [-0.15, -0.1) is 0 Å². The Morgan fingerprint density at radius 1 is 1.02 bits per heavy atom. The zero-order valence-corrected chi connectivity index (χ0v) is 27.4. The summed E-state index contributed by atoms with van der Waals surface area (Å²) < 4.78 is 25.9. The molecule has 0 spiro atoms. The molecule has 3 N–H and O–H groups in total. The van der Waals surface area contributed by atoms with Crippen molar-refractivity contribution in [2.24, 2.45) is 5.92 Å². The van der Waals surface area contributed by atoms with Gasteiger partial charge in [-0.2, -0.15) is 0 Å². The molecule has 0 saturated heterocycles. The summed E-state index contributed by atoms with van der Waals surface area (Å²) in [4.78, 5) is 43.3. The number of carbonyl (C=O) groups is 3. The van der Waals surface area contributed by atoms with Crippen molar-refractivity contribution in [1.82, 2.24) is 9.80 Å². The topological polar surface area (TPSA) is 120 Å². The summed E-state index contributed by atoms with van der Waals surface area (Å²) in [7, 11) is 1.65. The predicted octanol–water partition coefficient (Wildman–Crippen LogP) is 6.04. The largest absolute Gasteiger partial charge is 0.490 e. The summed E-state index contributed by atoms with van der Waals surface area (Å²) in [6, 6.07) is 18.4. The summed E-state index contributed by atoms with van der Waals surface area (Å²) in [5.41, 5.74) is 1.64. The van der Waals surface area contributed by atoms with Crippen molar-refractivity contribution in [1.29, 1.82) is 0 Å². The molecule has 4 atom stereocenters. The lowest BCUT2D eigenvalue weighted by atomic mass is 10.0. The van der Waals surface area contributed by atoms with Crippen LogP contribution >= 0.6 is 0 Å². The number of aliphatic hydroxyl groups excluding tert-OH is 1. The number of hydrogen-bond acceptors (Lipinski definition) is 6. The maximum atomic E-state index is 14.3. The smallest absolute Gasteiger partial charge is 0.321 e. The number of aliphatic hydroxyl groups is 1. The van der Waals surface area contributed by atoms with E-state index < -0.39 is 18.0 Å². The van der Waals surface area contributed by atoms with E-state index in [0.29, 0.717) is 29.3 Å². The van der Waals surface area contributed by atoms with Gasteiger partial charge >= 0.3 is 6.03 Å². The molecule has 0 aliphatic carbocycles. The van der Waals surface area contributed by atoms with Crippen molar-refractivity contribution in [2.75, 3.05) is 44.0 Å². The third-order valence-electron chi connectivity index (χ3n) is 8.24. The van der Waals surface area contributed by atoms with Crippen molar-refractivity contribution < 1.29 is 33.4 Å². The van der Waals surface area contributed by atoms with Crippen LogP contribution < -0.4 is 15.4 Å². The quantitative estimate of drug-likeness (QED) is 0.288. The third-order valence-corrected chi connectivity index (χ3v) is 8.24. The molecular weight excluding hydrogens is 603 g/mol. The molecule has 11 heteroatoms. The molecule has 0 unspecified atom stereocenters. The molecule has 0 fully saturated rings. The second-order valence-electron chi connectivity index (χ2n) is 12.1. The van der Waals surface area contributed by atoms with Crippen LogP contribution in [0.2, 0.25) is 0 Å². The van der Waals surface area contributed by atoms with Gasteiger partial charge in [0.15, 0.2) is 0 Å². The highest BCUT2D eigenvalue weighted by molar-refractivity contribution is 6.05. The standard InChI is InChI=1S/C36H45FN4O6/c1-24-21-41(25(2)23-42)35(44)31-20-30(38-34(43)27-11-6-5-7-12-27)17-18-32(31)47-26(3)10-8-9-19-46-33(24)22-40(4)36(45)39-29-15-13-28(37)14-16-29/h5-7,11-18,20,24-26,33,42H,8-10,19,21-23H2,1-4H3,(H,38,43)(H,39,45)/t24-,25-,26-,33+/m1/s1. The van der Waals surface area contributed by atoms with Gasteiger partial charge in [-0.3, -0.25) is 9.59 Å². The molecule has 3 aromatic carbocycles. The SMILES string of the molecule is C[C@@H]1CCCCO[C@@H](CN(C)C(=O)Nc2ccc(F)cc2)[C@H](C)CN([C@H](C)CO)C(=O)c2cc(NC(=O)c3ccccc3)ccc2O1. The van der Waals surface area contributed by atoms with E-state index in [2.05, 4.69) is 10.6 Å². The summed E-state index contributed by atoms with van der Waals surface area (Å²) in [6.07, 6.45) is 1.68. The molecule has 0 saturated carbocycles. The molecule has 1 aliphatic rings. The van der Waals surface area contributed by atoms with E-state index in [1.54, 1.807) is 61.3 Å². The number of nitrogens with zero attached hydrogens (tertiary/aromatic N) is 2. The number of hydrogen-bond donors (Lipinski definition) is 3. The Morgan fingerprint density at radius 3 is 2.43 bits per heavy atom. The summed E-state index contributed by atoms with van der Waals surface area (Å²) in [5.74, 6) is -0.929. The molecule has 4 rings (SSSR count). The van der Waals surface area contributed by atoms with Crippen molar-refractivity contribution in [3.8, 4) is 5.75 Å². The van der Waals surface area contributed by atoms with Gasteiger partial charge in [0.2, 0.25) is 0 Å². The maximum Gasteiger partial charge on any atom is 0.321 e. The Hall–Kier alpha value is -4.48. The van der Waals surface area contributed by atoms with Crippen LogP contribution in [0.3, 0.4) is 0 Å². The van der Waals surface area contributed by atoms with Crippen LogP contribution in [-0.4, -0.2) is 84.4 Å². The number of ether oxygens (including phenoxy) is 2. The molecule has 1 heterocycles. The number of urea groups is 1. The van der Waals surface area contributed by atoms with Crippen LogP contribution in [0, 0.1) is 11.7 Å². The van der Waals surface area contributed by atoms with Crippen LogP contribution in [0.1, 0.15) is 60.7 Å². The lowest BCUT2D eigenvalue weighted by molar-refractivity contribution is -0.0115. The lowest BCUT2D eigenvalue weighted by Gasteiger charge is -2.35. The minimum absolute atomic E-state index is 0.200. The van der Waals surface area contributed by atoms with Crippen molar-refractivity contribution in [3.05, 3.63) is 89.7 Å². The first-order valence-corrected chi connectivity index (χ1v) is 16.0. The second-order valence-corrected chi connectivity index (χ2v) is 12.1. The fraction of sp³-hybridized carbons (Fsp3) is 0.417. The molecule has 252 valence electrons. The van der Waals surface area contributed by atoms with Crippen molar-refractivity contribution in [2.45, 2.75) is 58.3 Å². The van der Waals surface area contributed by atoms with E-state index >= 15 is 0 Å². The van der Waals surface area contributed by atoms with Gasteiger partial charge < -0.3 is 35.0 Å². The number of carbonyl (C=O) groups excluding carboxylic acids is 3. The van der Waals surface area contributed by atoms with Crippen LogP contribution in [-0.2, 0) is 4.74 Å². The first kappa shape index (κ1) is 35.4. The fourth-order valence-electron chi connectivity index (χ4n) is 5.36. The van der Waals surface area contributed by atoms with E-state index in [4.69, 9.17) is 9.47 Å². The number of halogens is 1. The minimum Gasteiger partial charge on any atom is -0.490 e. The molecule has 0 bridgehead atoms. The van der Waals surface area contributed by atoms with Crippen LogP contribution in [0.25, 0.3) is 0 Å². The predicted molar refractivity (Wildman–Crippen MR) is 179 cm³/mol. The fourth-order valence-corrected chi connectivity index (χ4v) is 5.36. The highest BCUT2D eigenvalue weighted by Gasteiger charge is 2.31. The second kappa shape index (κ2) is 16.9. The average molecular weight is 649 g/mol. The number of nitrogens with one attached hydrogen (secondary N) is 2. The molecule has 1 aliphatic heterocycles. The van der Waals surface area contributed by atoms with Gasteiger partial charge in [-0.05, 0) is 87.7 Å². The maximum absolute atomic E-state index is 14.3. The van der Waals surface area contributed by atoms with E-state index in [9.17, 15) is 23.9 Å². The van der Waals surface area contributed by atoms with Gasteiger partial charge in [0.1, 0.15) is 11.6 Å². The number of fused-ring (bicyclic) bond motifs is 1. The molecular formula is C36H45FN4O6. The van der Waals surface area contributed by atoms with Crippen LogP contribution in [0.4, 0.5) is 20.6 Å². The van der Waals surface area contributed by atoms with Gasteiger partial charge in [-0.25, -0.2) is 9.18 Å². The zero-order chi connectivity index (χ0) is 33.9. The average Bonchev–Trinajstić information content (AvgIpc) is 3.07. The first-order valence-electron chi connectivity index (χ1n) is 16.0. The number of benzene rings is 3. The monoisotopic (exact) mass is 648 g/mol. The Bertz CT molecular complexity index is 1490.